The second-order valence-corrected chi connectivity index (χ2v) is 5.30. The topological polar surface area (TPSA) is 28.2 Å². The first kappa shape index (κ1) is 14.2. The van der Waals surface area contributed by atoms with Crippen molar-refractivity contribution in [1.82, 2.24) is 15.2 Å². The van der Waals surface area contributed by atoms with Gasteiger partial charge in [0.15, 0.2) is 0 Å². The maximum Gasteiger partial charge on any atom is 0.0858 e. The van der Waals surface area contributed by atoms with Gasteiger partial charge in [-0.25, -0.2) is 0 Å². The second-order valence-electron chi connectivity index (χ2n) is 4.86. The minimum absolute atomic E-state index is 0.135. The van der Waals surface area contributed by atoms with E-state index in [0.717, 1.165) is 23.8 Å². The number of likely N-dealkylation sites (tertiary alicyclic amines) is 1. The molecule has 0 bridgehead atoms. The normalized spacial score (nSPS) is 17.1. The number of aromatic nitrogens is 1. The molecule has 102 valence electrons. The standard InChI is InChI=1S/C15H21N3S/c1-2-7-13(14-8-3-4-9-16-14)15(19)17-12-18-10-5-6-11-18/h2-4,8-9,13H,1,5-7,10-12H2,(H,17,19). The zero-order valence-corrected chi connectivity index (χ0v) is 12.0. The number of pyridine rings is 1. The Morgan fingerprint density at radius 3 is 2.89 bits per heavy atom. The fourth-order valence-corrected chi connectivity index (χ4v) is 2.65. The Bertz CT molecular complexity index is 413. The van der Waals surface area contributed by atoms with Gasteiger partial charge in [-0.3, -0.25) is 9.88 Å². The highest BCUT2D eigenvalue weighted by Gasteiger charge is 2.18. The van der Waals surface area contributed by atoms with E-state index in [2.05, 4.69) is 21.8 Å². The van der Waals surface area contributed by atoms with Crippen LogP contribution < -0.4 is 5.32 Å². The lowest BCUT2D eigenvalue weighted by molar-refractivity contribution is 0.332. The molecular weight excluding hydrogens is 254 g/mol. The molecule has 1 atom stereocenters. The third-order valence-corrected chi connectivity index (χ3v) is 3.87. The summed E-state index contributed by atoms with van der Waals surface area (Å²) >= 11 is 5.53. The van der Waals surface area contributed by atoms with E-state index in [1.165, 1.54) is 25.9 Å². The highest BCUT2D eigenvalue weighted by atomic mass is 32.1. The lowest BCUT2D eigenvalue weighted by Gasteiger charge is -2.21. The van der Waals surface area contributed by atoms with E-state index in [9.17, 15) is 0 Å². The minimum atomic E-state index is 0.135. The largest absolute Gasteiger partial charge is 0.366 e. The molecule has 1 aromatic heterocycles. The van der Waals surface area contributed by atoms with Crippen LogP contribution in [0.3, 0.4) is 0 Å². The van der Waals surface area contributed by atoms with Crippen LogP contribution in [-0.4, -0.2) is 34.6 Å². The van der Waals surface area contributed by atoms with Crippen molar-refractivity contribution in [2.75, 3.05) is 19.8 Å². The van der Waals surface area contributed by atoms with E-state index in [-0.39, 0.29) is 5.92 Å². The molecule has 0 amide bonds. The van der Waals surface area contributed by atoms with Gasteiger partial charge < -0.3 is 5.32 Å². The highest BCUT2D eigenvalue weighted by Crippen LogP contribution is 2.19. The smallest absolute Gasteiger partial charge is 0.0858 e. The van der Waals surface area contributed by atoms with Gasteiger partial charge in [-0.15, -0.1) is 6.58 Å². The molecule has 1 aliphatic rings. The van der Waals surface area contributed by atoms with Crippen molar-refractivity contribution in [3.63, 3.8) is 0 Å². The summed E-state index contributed by atoms with van der Waals surface area (Å²) in [6.45, 7) is 7.01. The van der Waals surface area contributed by atoms with E-state index in [0.29, 0.717) is 0 Å². The Balaban J connectivity index is 1.94. The third kappa shape index (κ3) is 4.11. The van der Waals surface area contributed by atoms with Crippen LogP contribution in [0.1, 0.15) is 30.9 Å². The SMILES string of the molecule is C=CCC(C(=S)NCN1CCCC1)c1ccccn1. The molecule has 2 heterocycles. The fraction of sp³-hybridized carbons (Fsp3) is 0.467. The van der Waals surface area contributed by atoms with Gasteiger partial charge in [0.1, 0.15) is 0 Å². The molecule has 0 aliphatic carbocycles. The summed E-state index contributed by atoms with van der Waals surface area (Å²) in [4.78, 5) is 7.67. The molecule has 0 radical (unpaired) electrons. The first-order chi connectivity index (χ1) is 9.31. The number of thiocarbonyl (C=S) groups is 1. The lowest BCUT2D eigenvalue weighted by atomic mass is 10.0. The summed E-state index contributed by atoms with van der Waals surface area (Å²) in [5, 5.41) is 3.38. The zero-order valence-electron chi connectivity index (χ0n) is 11.2. The van der Waals surface area contributed by atoms with Crippen molar-refractivity contribution in [1.29, 1.82) is 0 Å². The summed E-state index contributed by atoms with van der Waals surface area (Å²) in [5.74, 6) is 0.135. The van der Waals surface area contributed by atoms with Crippen molar-refractivity contribution < 1.29 is 0 Å². The Morgan fingerprint density at radius 1 is 1.47 bits per heavy atom. The van der Waals surface area contributed by atoms with Crippen LogP contribution in [0, 0.1) is 0 Å². The predicted molar refractivity (Wildman–Crippen MR) is 83.2 cm³/mol. The van der Waals surface area contributed by atoms with Gasteiger partial charge in [0, 0.05) is 6.20 Å². The summed E-state index contributed by atoms with van der Waals surface area (Å²) < 4.78 is 0. The number of nitrogens with one attached hydrogen (secondary N) is 1. The van der Waals surface area contributed by atoms with Crippen LogP contribution in [0.15, 0.2) is 37.1 Å². The summed E-state index contributed by atoms with van der Waals surface area (Å²) in [5.41, 5.74) is 1.02. The van der Waals surface area contributed by atoms with Crippen molar-refractivity contribution in [3.05, 3.63) is 42.7 Å². The molecule has 3 nitrogen and oxygen atoms in total. The molecule has 1 aromatic rings. The first-order valence-electron chi connectivity index (χ1n) is 6.83. The predicted octanol–water partition coefficient (Wildman–Crippen LogP) is 2.71. The Kier molecular flexibility index (Phi) is 5.48. The van der Waals surface area contributed by atoms with Gasteiger partial charge >= 0.3 is 0 Å². The number of hydrogen-bond acceptors (Lipinski definition) is 3. The van der Waals surface area contributed by atoms with Crippen molar-refractivity contribution in [3.8, 4) is 0 Å². The summed E-state index contributed by atoms with van der Waals surface area (Å²) in [7, 11) is 0. The van der Waals surface area contributed by atoms with Gasteiger partial charge in [-0.05, 0) is 44.5 Å². The minimum Gasteiger partial charge on any atom is -0.366 e. The van der Waals surface area contributed by atoms with Crippen LogP contribution in [-0.2, 0) is 0 Å². The Labute approximate surface area is 120 Å². The second kappa shape index (κ2) is 7.36. The maximum absolute atomic E-state index is 5.53. The molecule has 1 fully saturated rings. The number of hydrogen-bond donors (Lipinski definition) is 1. The van der Waals surface area contributed by atoms with E-state index in [1.54, 1.807) is 0 Å². The van der Waals surface area contributed by atoms with Crippen molar-refractivity contribution in [2.45, 2.75) is 25.2 Å². The van der Waals surface area contributed by atoms with Crippen LogP contribution >= 0.6 is 12.2 Å². The number of allylic oxidation sites excluding steroid dienone is 1. The quantitative estimate of drug-likeness (QED) is 0.638. The fourth-order valence-electron chi connectivity index (χ4n) is 2.36. The van der Waals surface area contributed by atoms with Gasteiger partial charge in [-0.1, -0.05) is 24.4 Å². The van der Waals surface area contributed by atoms with Crippen molar-refractivity contribution in [2.24, 2.45) is 0 Å². The molecule has 0 aromatic carbocycles. The van der Waals surface area contributed by atoms with Crippen LogP contribution in [0.5, 0.6) is 0 Å². The van der Waals surface area contributed by atoms with E-state index < -0.39 is 0 Å². The molecule has 4 heteroatoms. The number of nitrogens with zero attached hydrogens (tertiary/aromatic N) is 2. The average molecular weight is 275 g/mol. The third-order valence-electron chi connectivity index (χ3n) is 3.44. The van der Waals surface area contributed by atoms with E-state index in [1.807, 2.05) is 30.5 Å². The van der Waals surface area contributed by atoms with Crippen LogP contribution in [0.4, 0.5) is 0 Å². The van der Waals surface area contributed by atoms with Gasteiger partial charge in [0.2, 0.25) is 0 Å². The lowest BCUT2D eigenvalue weighted by Crippen LogP contribution is -2.37. The average Bonchev–Trinajstić information content (AvgIpc) is 2.96. The van der Waals surface area contributed by atoms with Gasteiger partial charge in [0.25, 0.3) is 0 Å². The zero-order chi connectivity index (χ0) is 13.5. The molecular formula is C15H21N3S. The maximum atomic E-state index is 5.53. The van der Waals surface area contributed by atoms with E-state index >= 15 is 0 Å². The van der Waals surface area contributed by atoms with Crippen LogP contribution in [0.2, 0.25) is 0 Å². The highest BCUT2D eigenvalue weighted by molar-refractivity contribution is 7.80. The molecule has 19 heavy (non-hydrogen) atoms. The van der Waals surface area contributed by atoms with E-state index in [4.69, 9.17) is 12.2 Å². The molecule has 1 aliphatic heterocycles. The van der Waals surface area contributed by atoms with Gasteiger partial charge in [-0.2, -0.15) is 0 Å². The van der Waals surface area contributed by atoms with Crippen molar-refractivity contribution >= 4 is 17.2 Å². The van der Waals surface area contributed by atoms with Crippen LogP contribution in [0.25, 0.3) is 0 Å². The molecule has 0 spiro atoms. The monoisotopic (exact) mass is 275 g/mol. The molecule has 1 saturated heterocycles. The van der Waals surface area contributed by atoms with Gasteiger partial charge in [0.05, 0.1) is 23.3 Å². The Hall–Kier alpha value is -1.26. The number of rotatable bonds is 6. The summed E-state index contributed by atoms with van der Waals surface area (Å²) in [6, 6.07) is 5.95. The molecule has 0 saturated carbocycles. The summed E-state index contributed by atoms with van der Waals surface area (Å²) in [6.07, 6.45) is 7.13. The first-order valence-corrected chi connectivity index (χ1v) is 7.24. The molecule has 1 N–H and O–H groups in total. The Morgan fingerprint density at radius 2 is 2.26 bits per heavy atom. The molecule has 2 rings (SSSR count). The molecule has 1 unspecified atom stereocenters.